The SMILES string of the molecule is c1ccc(-c2ccc(-c3nc(-c4cccc5cccnc45)c4ccccc4n3)c3ccccc23)cc1. The molecule has 0 spiro atoms. The van der Waals surface area contributed by atoms with Gasteiger partial charge in [-0.25, -0.2) is 9.97 Å². The number of para-hydroxylation sites is 2. The molecule has 0 radical (unpaired) electrons. The van der Waals surface area contributed by atoms with Gasteiger partial charge in [0.25, 0.3) is 0 Å². The predicted molar refractivity (Wildman–Crippen MR) is 149 cm³/mol. The normalized spacial score (nSPS) is 11.3. The number of aromatic nitrogens is 3. The molecule has 0 fully saturated rings. The molecule has 0 N–H and O–H groups in total. The zero-order valence-electron chi connectivity index (χ0n) is 19.5. The average molecular weight is 460 g/mol. The maximum absolute atomic E-state index is 5.19. The summed E-state index contributed by atoms with van der Waals surface area (Å²) in [5.41, 5.74) is 7.19. The minimum atomic E-state index is 0.715. The summed E-state index contributed by atoms with van der Waals surface area (Å²) in [6, 6.07) is 41.9. The van der Waals surface area contributed by atoms with E-state index in [-0.39, 0.29) is 0 Å². The minimum absolute atomic E-state index is 0.715. The maximum atomic E-state index is 5.19. The van der Waals surface area contributed by atoms with Gasteiger partial charge in [0.1, 0.15) is 0 Å². The fourth-order valence-electron chi connectivity index (χ4n) is 5.06. The van der Waals surface area contributed by atoms with Crippen molar-refractivity contribution in [2.75, 3.05) is 0 Å². The van der Waals surface area contributed by atoms with Gasteiger partial charge in [0.05, 0.1) is 16.7 Å². The molecular weight excluding hydrogens is 438 g/mol. The largest absolute Gasteiger partial charge is 0.256 e. The molecule has 7 aromatic rings. The first-order chi connectivity index (χ1) is 17.9. The number of nitrogens with zero attached hydrogens (tertiary/aromatic N) is 3. The molecule has 3 nitrogen and oxygen atoms in total. The molecule has 0 saturated heterocycles. The Morgan fingerprint density at radius 1 is 0.444 bits per heavy atom. The monoisotopic (exact) mass is 459 g/mol. The quantitative estimate of drug-likeness (QED) is 0.267. The molecule has 0 aliphatic rings. The summed E-state index contributed by atoms with van der Waals surface area (Å²) < 4.78 is 0. The lowest BCUT2D eigenvalue weighted by atomic mass is 9.94. The third kappa shape index (κ3) is 3.33. The molecule has 2 aromatic heterocycles. The van der Waals surface area contributed by atoms with Crippen molar-refractivity contribution in [2.24, 2.45) is 0 Å². The molecule has 0 atom stereocenters. The van der Waals surface area contributed by atoms with Crippen LogP contribution in [0.25, 0.3) is 66.4 Å². The van der Waals surface area contributed by atoms with E-state index in [0.717, 1.165) is 44.0 Å². The number of pyridine rings is 1. The number of rotatable bonds is 3. The van der Waals surface area contributed by atoms with Gasteiger partial charge in [-0.15, -0.1) is 0 Å². The van der Waals surface area contributed by atoms with Gasteiger partial charge in [-0.05, 0) is 40.1 Å². The van der Waals surface area contributed by atoms with Crippen LogP contribution in [-0.2, 0) is 0 Å². The lowest BCUT2D eigenvalue weighted by molar-refractivity contribution is 1.23. The Hall–Kier alpha value is -4.89. The Morgan fingerprint density at radius 2 is 1.14 bits per heavy atom. The number of benzene rings is 5. The van der Waals surface area contributed by atoms with Crippen molar-refractivity contribution in [3.05, 3.63) is 128 Å². The van der Waals surface area contributed by atoms with Crippen molar-refractivity contribution < 1.29 is 0 Å². The highest BCUT2D eigenvalue weighted by Gasteiger charge is 2.16. The molecule has 0 aliphatic carbocycles. The van der Waals surface area contributed by atoms with E-state index in [0.29, 0.717) is 5.82 Å². The number of fused-ring (bicyclic) bond motifs is 3. The highest BCUT2D eigenvalue weighted by molar-refractivity contribution is 6.06. The van der Waals surface area contributed by atoms with E-state index in [2.05, 4.69) is 97.1 Å². The van der Waals surface area contributed by atoms with Crippen molar-refractivity contribution in [2.45, 2.75) is 0 Å². The highest BCUT2D eigenvalue weighted by atomic mass is 14.9. The lowest BCUT2D eigenvalue weighted by Gasteiger charge is -2.14. The third-order valence-electron chi connectivity index (χ3n) is 6.74. The van der Waals surface area contributed by atoms with Gasteiger partial charge in [-0.2, -0.15) is 0 Å². The Labute approximate surface area is 208 Å². The van der Waals surface area contributed by atoms with Gasteiger partial charge in [-0.1, -0.05) is 103 Å². The fourth-order valence-corrected chi connectivity index (χ4v) is 5.06. The first-order valence-corrected chi connectivity index (χ1v) is 12.1. The van der Waals surface area contributed by atoms with Crippen LogP contribution in [0.2, 0.25) is 0 Å². The molecule has 0 bridgehead atoms. The highest BCUT2D eigenvalue weighted by Crippen LogP contribution is 2.37. The van der Waals surface area contributed by atoms with E-state index >= 15 is 0 Å². The van der Waals surface area contributed by atoms with Crippen LogP contribution >= 0.6 is 0 Å². The van der Waals surface area contributed by atoms with Gasteiger partial charge >= 0.3 is 0 Å². The van der Waals surface area contributed by atoms with E-state index in [9.17, 15) is 0 Å². The third-order valence-corrected chi connectivity index (χ3v) is 6.74. The van der Waals surface area contributed by atoms with Crippen LogP contribution in [-0.4, -0.2) is 15.0 Å². The van der Waals surface area contributed by atoms with Crippen LogP contribution in [0.5, 0.6) is 0 Å². The summed E-state index contributed by atoms with van der Waals surface area (Å²) in [6.07, 6.45) is 1.84. The van der Waals surface area contributed by atoms with Crippen LogP contribution in [0.15, 0.2) is 128 Å². The molecule has 3 heteroatoms. The first kappa shape index (κ1) is 20.5. The van der Waals surface area contributed by atoms with Gasteiger partial charge in [0.2, 0.25) is 0 Å². The molecule has 5 aromatic carbocycles. The van der Waals surface area contributed by atoms with Crippen molar-refractivity contribution in [3.63, 3.8) is 0 Å². The van der Waals surface area contributed by atoms with Gasteiger partial charge in [-0.3, -0.25) is 4.98 Å². The van der Waals surface area contributed by atoms with Crippen LogP contribution in [0.4, 0.5) is 0 Å². The average Bonchev–Trinajstić information content (AvgIpc) is 2.96. The smallest absolute Gasteiger partial charge is 0.161 e. The van der Waals surface area contributed by atoms with Crippen molar-refractivity contribution in [3.8, 4) is 33.8 Å². The predicted octanol–water partition coefficient (Wildman–Crippen LogP) is 8.33. The maximum Gasteiger partial charge on any atom is 0.161 e. The molecule has 36 heavy (non-hydrogen) atoms. The van der Waals surface area contributed by atoms with Crippen LogP contribution in [0, 0.1) is 0 Å². The van der Waals surface area contributed by atoms with Gasteiger partial charge in [0.15, 0.2) is 5.82 Å². The van der Waals surface area contributed by atoms with E-state index < -0.39 is 0 Å². The molecule has 0 unspecified atom stereocenters. The number of hydrogen-bond donors (Lipinski definition) is 0. The van der Waals surface area contributed by atoms with Crippen molar-refractivity contribution >= 4 is 32.6 Å². The molecule has 7 rings (SSSR count). The summed E-state index contributed by atoms with van der Waals surface area (Å²) >= 11 is 0. The Morgan fingerprint density at radius 3 is 2.00 bits per heavy atom. The minimum Gasteiger partial charge on any atom is -0.256 e. The van der Waals surface area contributed by atoms with E-state index in [1.165, 1.54) is 16.5 Å². The number of hydrogen-bond acceptors (Lipinski definition) is 3. The van der Waals surface area contributed by atoms with Crippen molar-refractivity contribution in [1.82, 2.24) is 15.0 Å². The fraction of sp³-hybridized carbons (Fsp3) is 0. The summed E-state index contributed by atoms with van der Waals surface area (Å²) in [7, 11) is 0. The lowest BCUT2D eigenvalue weighted by Crippen LogP contribution is -1.97. The molecule has 168 valence electrons. The van der Waals surface area contributed by atoms with E-state index in [1.807, 2.05) is 30.5 Å². The Bertz CT molecular complexity index is 1890. The standard InChI is InChI=1S/C33H21N3/c1-2-10-22(11-3-1)24-19-20-27(26-15-5-4-14-25(24)26)33-35-30-18-7-6-16-28(30)32(36-33)29-17-8-12-23-13-9-21-34-31(23)29/h1-21H. The Kier molecular flexibility index (Phi) is 4.78. The zero-order valence-corrected chi connectivity index (χ0v) is 19.5. The summed E-state index contributed by atoms with van der Waals surface area (Å²) in [4.78, 5) is 14.9. The molecule has 2 heterocycles. The second-order valence-electron chi connectivity index (χ2n) is 8.87. The van der Waals surface area contributed by atoms with E-state index in [1.54, 1.807) is 0 Å². The summed E-state index contributed by atoms with van der Waals surface area (Å²) in [6.45, 7) is 0. The molecular formula is C33H21N3. The summed E-state index contributed by atoms with van der Waals surface area (Å²) in [5, 5.41) is 4.43. The van der Waals surface area contributed by atoms with Gasteiger partial charge in [0, 0.05) is 28.1 Å². The molecule has 0 amide bonds. The second-order valence-corrected chi connectivity index (χ2v) is 8.87. The summed E-state index contributed by atoms with van der Waals surface area (Å²) in [5.74, 6) is 0.715. The first-order valence-electron chi connectivity index (χ1n) is 12.1. The second kappa shape index (κ2) is 8.40. The van der Waals surface area contributed by atoms with Crippen LogP contribution < -0.4 is 0 Å². The molecule has 0 saturated carbocycles. The van der Waals surface area contributed by atoms with Crippen LogP contribution in [0.1, 0.15) is 0 Å². The van der Waals surface area contributed by atoms with Crippen LogP contribution in [0.3, 0.4) is 0 Å². The molecule has 0 aliphatic heterocycles. The zero-order chi connectivity index (χ0) is 23.9. The topological polar surface area (TPSA) is 38.7 Å². The Balaban J connectivity index is 1.52. The van der Waals surface area contributed by atoms with Gasteiger partial charge < -0.3 is 0 Å². The van der Waals surface area contributed by atoms with Crippen molar-refractivity contribution in [1.29, 1.82) is 0 Å². The van der Waals surface area contributed by atoms with E-state index in [4.69, 9.17) is 15.0 Å².